The molecule has 0 unspecified atom stereocenters. The molecule has 0 radical (unpaired) electrons. The van der Waals surface area contributed by atoms with Crippen molar-refractivity contribution < 1.29 is 19.1 Å². The number of piperidine rings is 1. The monoisotopic (exact) mass is 544 g/mol. The molecule has 10 nitrogen and oxygen atoms in total. The van der Waals surface area contributed by atoms with Crippen molar-refractivity contribution in [3.63, 3.8) is 0 Å². The Kier molecular flexibility index (Phi) is 7.47. The predicted molar refractivity (Wildman–Crippen MR) is 141 cm³/mol. The Hall–Kier alpha value is -2.99. The van der Waals surface area contributed by atoms with Crippen LogP contribution in [0.1, 0.15) is 37.3 Å². The molecule has 37 heavy (non-hydrogen) atoms. The van der Waals surface area contributed by atoms with Gasteiger partial charge < -0.3 is 30.2 Å². The van der Waals surface area contributed by atoms with Crippen molar-refractivity contribution in [3.05, 3.63) is 50.6 Å². The van der Waals surface area contributed by atoms with E-state index in [0.29, 0.717) is 28.7 Å². The number of nitrogens with zero attached hydrogens (tertiary/aromatic N) is 3. The molecule has 0 spiro atoms. The van der Waals surface area contributed by atoms with Gasteiger partial charge in [0.05, 0.1) is 17.8 Å². The number of carbonyl (C=O) groups excluding carboxylic acids is 3. The van der Waals surface area contributed by atoms with E-state index in [1.807, 2.05) is 13.1 Å². The van der Waals surface area contributed by atoms with Gasteiger partial charge >= 0.3 is 0 Å². The van der Waals surface area contributed by atoms with Gasteiger partial charge in [0.1, 0.15) is 12.3 Å². The largest absolute Gasteiger partial charge is 0.375 e. The number of thiazole rings is 1. The zero-order valence-electron chi connectivity index (χ0n) is 20.7. The molecule has 1 fully saturated rings. The highest BCUT2D eigenvalue weighted by atomic mass is 35.5. The van der Waals surface area contributed by atoms with Crippen LogP contribution in [-0.2, 0) is 22.5 Å². The van der Waals surface area contributed by atoms with Crippen LogP contribution in [0.2, 0.25) is 5.02 Å². The van der Waals surface area contributed by atoms with Crippen LogP contribution in [-0.4, -0.2) is 90.0 Å². The molecular weight excluding hydrogens is 516 g/mol. The van der Waals surface area contributed by atoms with E-state index < -0.39 is 6.04 Å². The lowest BCUT2D eigenvalue weighted by atomic mass is 9.98. The van der Waals surface area contributed by atoms with Crippen molar-refractivity contribution in [3.8, 4) is 0 Å². The molecule has 2 aliphatic heterocycles. The van der Waals surface area contributed by atoms with Crippen molar-refractivity contribution in [2.45, 2.75) is 31.5 Å². The van der Waals surface area contributed by atoms with Gasteiger partial charge in [-0.2, -0.15) is 0 Å². The summed E-state index contributed by atoms with van der Waals surface area (Å²) < 4.78 is 5.01. The van der Waals surface area contributed by atoms with E-state index in [-0.39, 0.29) is 36.9 Å². The highest BCUT2D eigenvalue weighted by Crippen LogP contribution is 2.25. The van der Waals surface area contributed by atoms with E-state index in [0.717, 1.165) is 41.0 Å². The molecule has 0 aliphatic carbocycles. The number of aromatic amines is 1. The number of likely N-dealkylation sites (N-methyl/N-ethyl adjacent to an activating group) is 1. The third-order valence-corrected chi connectivity index (χ3v) is 8.13. The molecule has 1 aromatic carbocycles. The fraction of sp³-hybridized carbons (Fsp3) is 0.440. The number of aromatic nitrogens is 2. The first-order valence-electron chi connectivity index (χ1n) is 12.1. The molecule has 3 aromatic rings. The zero-order valence-corrected chi connectivity index (χ0v) is 22.2. The fourth-order valence-electron chi connectivity index (χ4n) is 4.83. The van der Waals surface area contributed by atoms with Crippen LogP contribution < -0.4 is 10.6 Å². The summed E-state index contributed by atoms with van der Waals surface area (Å²) in [6, 6.07) is 6.25. The van der Waals surface area contributed by atoms with Crippen LogP contribution in [0.5, 0.6) is 0 Å². The van der Waals surface area contributed by atoms with Gasteiger partial charge in [-0.1, -0.05) is 11.6 Å². The van der Waals surface area contributed by atoms with E-state index in [1.165, 1.54) is 18.4 Å². The molecule has 0 saturated carbocycles. The van der Waals surface area contributed by atoms with Crippen LogP contribution in [0.4, 0.5) is 0 Å². The third-order valence-electron chi connectivity index (χ3n) is 6.81. The molecule has 3 N–H and O–H groups in total. The number of carbonyl (C=O) groups is 3. The molecular formula is C25H29ClN6O4S. The minimum atomic E-state index is -0.492. The zero-order chi connectivity index (χ0) is 26.1. The normalized spacial score (nSPS) is 20.0. The second kappa shape index (κ2) is 10.8. The number of fused-ring (bicyclic) bond motifs is 2. The van der Waals surface area contributed by atoms with Crippen LogP contribution in [0.15, 0.2) is 24.3 Å². The van der Waals surface area contributed by atoms with E-state index in [2.05, 4.69) is 25.5 Å². The Morgan fingerprint density at radius 1 is 1.19 bits per heavy atom. The minimum absolute atomic E-state index is 0.0396. The van der Waals surface area contributed by atoms with Crippen molar-refractivity contribution in [2.24, 2.45) is 0 Å². The standard InChI is InChI=1S/C25H29ClN6O4S/c1-31-7-5-18-21(12-31)37-25(30-18)24(35)29-20-11-32(22(33)13-36-2)8-6-17(20)28-23(34)19-10-14-9-15(26)3-4-16(14)27-19/h3-4,9-10,17,20,27H,5-8,11-13H2,1-2H3,(H,28,34)(H,29,35)/t17-,20+/m0/s1. The molecule has 196 valence electrons. The summed E-state index contributed by atoms with van der Waals surface area (Å²) in [5.74, 6) is -0.750. The first-order chi connectivity index (χ1) is 17.8. The number of halogens is 1. The molecule has 2 aromatic heterocycles. The second-order valence-corrected chi connectivity index (χ2v) is 11.0. The Labute approximate surface area is 223 Å². The number of likely N-dealkylation sites (tertiary alicyclic amines) is 1. The summed E-state index contributed by atoms with van der Waals surface area (Å²) in [6.07, 6.45) is 1.30. The van der Waals surface area contributed by atoms with Crippen molar-refractivity contribution in [1.29, 1.82) is 0 Å². The van der Waals surface area contributed by atoms with Gasteiger partial charge in [-0.05, 0) is 37.7 Å². The Morgan fingerprint density at radius 2 is 2.00 bits per heavy atom. The molecule has 12 heteroatoms. The first kappa shape index (κ1) is 25.7. The van der Waals surface area contributed by atoms with Crippen LogP contribution in [0.25, 0.3) is 10.9 Å². The molecule has 4 heterocycles. The SMILES string of the molecule is COCC(=O)N1CC[C@H](NC(=O)c2cc3cc(Cl)ccc3[nH]2)[C@H](NC(=O)c2nc3c(s2)CN(C)CC3)C1. The highest BCUT2D eigenvalue weighted by molar-refractivity contribution is 7.13. The van der Waals surface area contributed by atoms with E-state index in [4.69, 9.17) is 16.3 Å². The van der Waals surface area contributed by atoms with Gasteiger partial charge in [0.2, 0.25) is 5.91 Å². The number of nitrogens with one attached hydrogen (secondary N) is 3. The average molecular weight is 545 g/mol. The van der Waals surface area contributed by atoms with E-state index >= 15 is 0 Å². The average Bonchev–Trinajstić information content (AvgIpc) is 3.49. The van der Waals surface area contributed by atoms with Gasteiger partial charge in [0.25, 0.3) is 11.8 Å². The molecule has 1 saturated heterocycles. The van der Waals surface area contributed by atoms with Crippen LogP contribution in [0, 0.1) is 0 Å². The van der Waals surface area contributed by atoms with Gasteiger partial charge in [-0.15, -0.1) is 11.3 Å². The maximum Gasteiger partial charge on any atom is 0.280 e. The predicted octanol–water partition coefficient (Wildman–Crippen LogP) is 2.04. The summed E-state index contributed by atoms with van der Waals surface area (Å²) in [5, 5.41) is 7.92. The van der Waals surface area contributed by atoms with E-state index in [9.17, 15) is 14.4 Å². The molecule has 0 bridgehead atoms. The lowest BCUT2D eigenvalue weighted by Crippen LogP contribution is -2.61. The molecule has 5 rings (SSSR count). The van der Waals surface area contributed by atoms with Gasteiger partial charge in [0, 0.05) is 60.5 Å². The van der Waals surface area contributed by atoms with Crippen molar-refractivity contribution in [1.82, 2.24) is 30.4 Å². The number of benzene rings is 1. The number of ether oxygens (including phenoxy) is 1. The van der Waals surface area contributed by atoms with Gasteiger partial charge in [-0.3, -0.25) is 14.4 Å². The van der Waals surface area contributed by atoms with Crippen molar-refractivity contribution >= 4 is 51.6 Å². The number of amides is 3. The number of rotatable bonds is 6. The highest BCUT2D eigenvalue weighted by Gasteiger charge is 2.35. The molecule has 2 atom stereocenters. The van der Waals surface area contributed by atoms with Crippen molar-refractivity contribution in [2.75, 3.05) is 40.4 Å². The van der Waals surface area contributed by atoms with Crippen LogP contribution in [0.3, 0.4) is 0 Å². The first-order valence-corrected chi connectivity index (χ1v) is 13.3. The van der Waals surface area contributed by atoms with Crippen LogP contribution >= 0.6 is 22.9 Å². The summed E-state index contributed by atoms with van der Waals surface area (Å²) in [6.45, 7) is 2.35. The van der Waals surface area contributed by atoms with Gasteiger partial charge in [-0.25, -0.2) is 4.98 Å². The fourth-order valence-corrected chi connectivity index (χ4v) is 6.11. The maximum absolute atomic E-state index is 13.2. The third kappa shape index (κ3) is 5.64. The lowest BCUT2D eigenvalue weighted by molar-refractivity contribution is -0.136. The molecule has 3 amide bonds. The lowest BCUT2D eigenvalue weighted by Gasteiger charge is -2.39. The summed E-state index contributed by atoms with van der Waals surface area (Å²) in [7, 11) is 3.52. The summed E-state index contributed by atoms with van der Waals surface area (Å²) >= 11 is 7.48. The summed E-state index contributed by atoms with van der Waals surface area (Å²) in [5.41, 5.74) is 2.17. The Balaban J connectivity index is 1.33. The number of hydrogen-bond acceptors (Lipinski definition) is 7. The minimum Gasteiger partial charge on any atom is -0.375 e. The quantitative estimate of drug-likeness (QED) is 0.437. The van der Waals surface area contributed by atoms with E-state index in [1.54, 1.807) is 23.1 Å². The topological polar surface area (TPSA) is 120 Å². The maximum atomic E-state index is 13.2. The summed E-state index contributed by atoms with van der Waals surface area (Å²) in [4.78, 5) is 51.5. The second-order valence-electron chi connectivity index (χ2n) is 9.51. The number of H-pyrrole nitrogens is 1. The number of methoxy groups -OCH3 is 1. The number of hydrogen-bond donors (Lipinski definition) is 3. The Morgan fingerprint density at radius 3 is 2.81 bits per heavy atom. The Bertz CT molecular complexity index is 1340. The van der Waals surface area contributed by atoms with Gasteiger partial charge in [0.15, 0.2) is 5.01 Å². The smallest absolute Gasteiger partial charge is 0.280 e. The molecule has 2 aliphatic rings.